The summed E-state index contributed by atoms with van der Waals surface area (Å²) in [6.07, 6.45) is 6.65. The molecular weight excluding hydrogens is 344 g/mol. The van der Waals surface area contributed by atoms with Gasteiger partial charge in [-0.1, -0.05) is 30.2 Å². The number of aromatic nitrogens is 3. The Morgan fingerprint density at radius 2 is 2.15 bits per heavy atom. The second-order valence-electron chi connectivity index (χ2n) is 7.61. The second-order valence-corrected chi connectivity index (χ2v) is 8.00. The molecule has 5 nitrogen and oxygen atoms in total. The van der Waals surface area contributed by atoms with Crippen LogP contribution < -0.4 is 0 Å². The van der Waals surface area contributed by atoms with E-state index in [0.717, 1.165) is 30.3 Å². The minimum Gasteiger partial charge on any atom is -0.339 e. The van der Waals surface area contributed by atoms with Crippen molar-refractivity contribution in [2.75, 3.05) is 6.54 Å². The summed E-state index contributed by atoms with van der Waals surface area (Å²) >= 11 is 5.41. The first-order chi connectivity index (χ1) is 12.6. The van der Waals surface area contributed by atoms with Gasteiger partial charge in [-0.15, -0.1) is 0 Å². The monoisotopic (exact) mass is 370 g/mol. The molecule has 0 radical (unpaired) electrons. The van der Waals surface area contributed by atoms with E-state index >= 15 is 0 Å². The third kappa shape index (κ3) is 3.34. The number of amides is 1. The molecule has 0 spiro atoms. The van der Waals surface area contributed by atoms with Gasteiger partial charge in [0.15, 0.2) is 10.6 Å². The number of hydrogen-bond acceptors (Lipinski definition) is 3. The van der Waals surface area contributed by atoms with E-state index in [9.17, 15) is 4.79 Å². The summed E-state index contributed by atoms with van der Waals surface area (Å²) in [5.74, 6) is 1.80. The van der Waals surface area contributed by atoms with Crippen molar-refractivity contribution in [2.45, 2.75) is 58.0 Å². The molecule has 2 aromatic rings. The van der Waals surface area contributed by atoms with Crippen LogP contribution in [0, 0.1) is 17.6 Å². The Morgan fingerprint density at radius 1 is 1.31 bits per heavy atom. The molecule has 1 saturated heterocycles. The van der Waals surface area contributed by atoms with Gasteiger partial charge in [0, 0.05) is 31.1 Å². The number of carbonyl (C=O) groups is 1. The Balaban J connectivity index is 1.49. The van der Waals surface area contributed by atoms with Crippen LogP contribution in [0.2, 0.25) is 0 Å². The number of carbonyl (C=O) groups excluding carboxylic acids is 1. The highest BCUT2D eigenvalue weighted by atomic mass is 32.1. The van der Waals surface area contributed by atoms with Crippen LogP contribution in [0.25, 0.3) is 11.4 Å². The molecule has 2 unspecified atom stereocenters. The number of H-pyrrole nitrogens is 1. The molecule has 2 fully saturated rings. The summed E-state index contributed by atoms with van der Waals surface area (Å²) in [5, 5.41) is 7.28. The molecule has 1 aromatic carbocycles. The van der Waals surface area contributed by atoms with Gasteiger partial charge in [0.1, 0.15) is 0 Å². The molecule has 1 N–H and O–H groups in total. The maximum atomic E-state index is 12.9. The molecule has 2 heterocycles. The fourth-order valence-electron chi connectivity index (χ4n) is 4.64. The van der Waals surface area contributed by atoms with Crippen LogP contribution >= 0.6 is 12.2 Å². The van der Waals surface area contributed by atoms with Crippen molar-refractivity contribution in [2.24, 2.45) is 5.92 Å². The van der Waals surface area contributed by atoms with Gasteiger partial charge < -0.3 is 4.90 Å². The fraction of sp³-hybridized carbons (Fsp3) is 0.550. The lowest BCUT2D eigenvalue weighted by atomic mass is 9.92. The van der Waals surface area contributed by atoms with Crippen LogP contribution in [0.1, 0.15) is 44.1 Å². The van der Waals surface area contributed by atoms with Gasteiger partial charge in [-0.05, 0) is 56.8 Å². The van der Waals surface area contributed by atoms with E-state index in [1.54, 1.807) is 0 Å². The third-order valence-corrected chi connectivity index (χ3v) is 6.21. The number of nitrogens with zero attached hydrogens (tertiary/aromatic N) is 3. The Bertz CT molecular complexity index is 855. The predicted octanol–water partition coefficient (Wildman–Crippen LogP) is 4.10. The Kier molecular flexibility index (Phi) is 4.94. The average molecular weight is 371 g/mol. The summed E-state index contributed by atoms with van der Waals surface area (Å²) in [6.45, 7) is 3.56. The van der Waals surface area contributed by atoms with E-state index in [0.29, 0.717) is 23.8 Å². The topological polar surface area (TPSA) is 53.9 Å². The smallest absolute Gasteiger partial charge is 0.224 e. The molecule has 2 aliphatic rings. The Hall–Kier alpha value is -1.95. The van der Waals surface area contributed by atoms with Crippen molar-refractivity contribution in [1.82, 2.24) is 19.7 Å². The predicted molar refractivity (Wildman–Crippen MR) is 104 cm³/mol. The lowest BCUT2D eigenvalue weighted by Crippen LogP contribution is -2.46. The lowest BCUT2D eigenvalue weighted by Gasteiger charge is -2.38. The van der Waals surface area contributed by atoms with Crippen LogP contribution in [0.4, 0.5) is 0 Å². The van der Waals surface area contributed by atoms with Crippen LogP contribution in [0.3, 0.4) is 0 Å². The molecule has 1 aromatic heterocycles. The first-order valence-corrected chi connectivity index (χ1v) is 10.1. The van der Waals surface area contributed by atoms with Crippen molar-refractivity contribution in [3.05, 3.63) is 34.6 Å². The highest BCUT2D eigenvalue weighted by Gasteiger charge is 2.36. The van der Waals surface area contributed by atoms with Crippen LogP contribution in [-0.4, -0.2) is 38.2 Å². The molecule has 1 saturated carbocycles. The number of rotatable bonds is 4. The molecule has 2 atom stereocenters. The SMILES string of the molecule is Cc1cccc(-c2n[nH]c(=S)n2CCC(=O)N2CCCC3CCCC32)c1. The first-order valence-electron chi connectivity index (χ1n) is 9.65. The minimum atomic E-state index is 0.264. The normalized spacial score (nSPS) is 22.4. The number of likely N-dealkylation sites (tertiary alicyclic amines) is 1. The van der Waals surface area contributed by atoms with Gasteiger partial charge in [-0.2, -0.15) is 5.10 Å². The summed E-state index contributed by atoms with van der Waals surface area (Å²) in [6, 6.07) is 8.68. The van der Waals surface area contributed by atoms with E-state index in [1.807, 2.05) is 16.7 Å². The number of piperidine rings is 1. The number of aromatic amines is 1. The van der Waals surface area contributed by atoms with Gasteiger partial charge in [-0.3, -0.25) is 14.5 Å². The summed E-state index contributed by atoms with van der Waals surface area (Å²) in [5.41, 5.74) is 2.21. The molecule has 138 valence electrons. The molecule has 1 aliphatic heterocycles. The molecule has 1 amide bonds. The Morgan fingerprint density at radius 3 is 3.00 bits per heavy atom. The van der Waals surface area contributed by atoms with Gasteiger partial charge in [0.05, 0.1) is 0 Å². The summed E-state index contributed by atoms with van der Waals surface area (Å²) in [4.78, 5) is 15.0. The number of benzene rings is 1. The largest absolute Gasteiger partial charge is 0.339 e. The van der Waals surface area contributed by atoms with Crippen LogP contribution in [-0.2, 0) is 11.3 Å². The van der Waals surface area contributed by atoms with E-state index in [2.05, 4.69) is 34.2 Å². The lowest BCUT2D eigenvalue weighted by molar-refractivity contribution is -0.136. The summed E-state index contributed by atoms with van der Waals surface area (Å²) < 4.78 is 2.53. The third-order valence-electron chi connectivity index (χ3n) is 5.90. The first kappa shape index (κ1) is 17.5. The fourth-order valence-corrected chi connectivity index (χ4v) is 4.87. The van der Waals surface area contributed by atoms with E-state index in [4.69, 9.17) is 12.2 Å². The highest BCUT2D eigenvalue weighted by Crippen LogP contribution is 2.37. The maximum Gasteiger partial charge on any atom is 0.224 e. The number of hydrogen-bond donors (Lipinski definition) is 1. The van der Waals surface area contributed by atoms with Gasteiger partial charge >= 0.3 is 0 Å². The van der Waals surface area contributed by atoms with Crippen molar-refractivity contribution in [3.8, 4) is 11.4 Å². The van der Waals surface area contributed by atoms with Gasteiger partial charge in [0.25, 0.3) is 0 Å². The number of fused-ring (bicyclic) bond motifs is 1. The van der Waals surface area contributed by atoms with E-state index in [-0.39, 0.29) is 5.91 Å². The molecule has 4 rings (SSSR count). The molecular formula is C20H26N4OS. The van der Waals surface area contributed by atoms with E-state index in [1.165, 1.54) is 31.2 Å². The molecule has 1 aliphatic carbocycles. The molecule has 6 heteroatoms. The molecule has 0 bridgehead atoms. The zero-order valence-electron chi connectivity index (χ0n) is 15.3. The van der Waals surface area contributed by atoms with Crippen molar-refractivity contribution >= 4 is 18.1 Å². The van der Waals surface area contributed by atoms with Crippen LogP contribution in [0.5, 0.6) is 0 Å². The van der Waals surface area contributed by atoms with E-state index < -0.39 is 0 Å². The molecule has 26 heavy (non-hydrogen) atoms. The standard InChI is InChI=1S/C20H26N4OS/c1-14-5-2-7-16(13-14)19-21-22-20(26)24(19)12-10-18(25)23-11-4-8-15-6-3-9-17(15)23/h2,5,7,13,15,17H,3-4,6,8-12H2,1H3,(H,22,26). The number of aryl methyl sites for hydroxylation is 1. The zero-order valence-corrected chi connectivity index (χ0v) is 16.1. The highest BCUT2D eigenvalue weighted by molar-refractivity contribution is 7.71. The summed E-state index contributed by atoms with van der Waals surface area (Å²) in [7, 11) is 0. The van der Waals surface area contributed by atoms with Gasteiger partial charge in [0.2, 0.25) is 5.91 Å². The zero-order chi connectivity index (χ0) is 18.1. The van der Waals surface area contributed by atoms with Crippen molar-refractivity contribution < 1.29 is 4.79 Å². The van der Waals surface area contributed by atoms with Crippen molar-refractivity contribution in [1.29, 1.82) is 0 Å². The Labute approximate surface area is 159 Å². The van der Waals surface area contributed by atoms with Gasteiger partial charge in [-0.25, -0.2) is 0 Å². The second kappa shape index (κ2) is 7.35. The quantitative estimate of drug-likeness (QED) is 0.825. The van der Waals surface area contributed by atoms with Crippen LogP contribution in [0.15, 0.2) is 24.3 Å². The minimum absolute atomic E-state index is 0.264. The van der Waals surface area contributed by atoms with Crippen molar-refractivity contribution in [3.63, 3.8) is 0 Å². The number of nitrogens with one attached hydrogen (secondary N) is 1. The maximum absolute atomic E-state index is 12.9. The average Bonchev–Trinajstić information content (AvgIpc) is 3.26.